The first-order valence-corrected chi connectivity index (χ1v) is 9.56. The lowest BCUT2D eigenvalue weighted by molar-refractivity contribution is 0.0905. The van der Waals surface area contributed by atoms with Crippen LogP contribution in [0.2, 0.25) is 5.15 Å². The van der Waals surface area contributed by atoms with E-state index in [-0.39, 0.29) is 23.4 Å². The summed E-state index contributed by atoms with van der Waals surface area (Å²) in [6, 6.07) is 7.02. The number of aryl methyl sites for hydroxylation is 2. The Labute approximate surface area is 164 Å². The summed E-state index contributed by atoms with van der Waals surface area (Å²) in [4.78, 5) is 31.8. The highest BCUT2D eigenvalue weighted by molar-refractivity contribution is 6.29. The predicted molar refractivity (Wildman–Crippen MR) is 104 cm³/mol. The fraction of sp³-hybridized carbons (Fsp3) is 0.429. The fourth-order valence-corrected chi connectivity index (χ4v) is 3.56. The number of rotatable bonds is 1. The minimum absolute atomic E-state index is 0.135. The number of fused-ring (bicyclic) bond motifs is 2. The summed E-state index contributed by atoms with van der Waals surface area (Å²) in [5, 5.41) is 0.473. The Kier molecular flexibility index (Phi) is 5.90. The summed E-state index contributed by atoms with van der Waals surface area (Å²) in [5.41, 5.74) is 3.26. The Bertz CT molecular complexity index is 882. The first-order valence-electron chi connectivity index (χ1n) is 9.18. The normalized spacial score (nSPS) is 20.9. The number of ether oxygens (including phenoxy) is 1. The first kappa shape index (κ1) is 19.5. The Hall–Kier alpha value is -2.27. The molecule has 0 aromatic carbocycles. The number of nitrogens with zero attached hydrogens (tertiary/aromatic N) is 2. The number of carbonyl (C=O) groups is 2. The molecule has 2 aromatic heterocycles. The second-order valence-electron chi connectivity index (χ2n) is 7.08. The average molecular weight is 387 g/mol. The Balaban J connectivity index is 0.000000156. The number of halogens is 1. The van der Waals surface area contributed by atoms with Crippen LogP contribution in [-0.2, 0) is 12.8 Å². The summed E-state index contributed by atoms with van der Waals surface area (Å²) in [6.45, 7) is 3.93. The van der Waals surface area contributed by atoms with Crippen LogP contribution in [-0.4, -0.2) is 28.6 Å². The van der Waals surface area contributed by atoms with Gasteiger partial charge in [0.1, 0.15) is 5.15 Å². The molecule has 0 bridgehead atoms. The molecule has 142 valence electrons. The number of carbonyl (C=O) groups excluding carboxylic acids is 2. The van der Waals surface area contributed by atoms with Crippen molar-refractivity contribution >= 4 is 23.2 Å². The molecule has 2 aliphatic carbocycles. The second-order valence-corrected chi connectivity index (χ2v) is 7.47. The molecule has 2 aliphatic rings. The molecule has 0 saturated heterocycles. The van der Waals surface area contributed by atoms with Crippen molar-refractivity contribution in [1.82, 2.24) is 9.97 Å². The van der Waals surface area contributed by atoms with Crippen LogP contribution in [0.3, 0.4) is 0 Å². The van der Waals surface area contributed by atoms with Gasteiger partial charge < -0.3 is 4.74 Å². The number of hydrogen-bond donors (Lipinski definition) is 0. The van der Waals surface area contributed by atoms with Crippen molar-refractivity contribution < 1.29 is 14.3 Å². The molecule has 6 heteroatoms. The van der Waals surface area contributed by atoms with Gasteiger partial charge in [0.25, 0.3) is 0 Å². The lowest BCUT2D eigenvalue weighted by Gasteiger charge is -2.19. The van der Waals surface area contributed by atoms with Gasteiger partial charge in [0.15, 0.2) is 11.6 Å². The molecule has 2 unspecified atom stereocenters. The molecule has 0 saturated carbocycles. The minimum atomic E-state index is 0.135. The SMILES string of the molecule is CC1CCc2nc(Cl)ccc2C1=O.COc1ccc2c(n1)CCC(C)C2=O. The number of Topliss-reactive ketones (excluding diaryl/α,β-unsaturated/α-hetero) is 2. The maximum absolute atomic E-state index is 11.7. The Morgan fingerprint density at radius 3 is 1.96 bits per heavy atom. The van der Waals surface area contributed by atoms with Crippen LogP contribution in [0.25, 0.3) is 0 Å². The van der Waals surface area contributed by atoms with E-state index in [9.17, 15) is 9.59 Å². The molecule has 2 atom stereocenters. The van der Waals surface area contributed by atoms with Crippen molar-refractivity contribution in [3.05, 3.63) is 51.9 Å². The third-order valence-electron chi connectivity index (χ3n) is 5.15. The Morgan fingerprint density at radius 2 is 1.41 bits per heavy atom. The highest BCUT2D eigenvalue weighted by atomic mass is 35.5. The van der Waals surface area contributed by atoms with Gasteiger partial charge in [-0.25, -0.2) is 9.97 Å². The average Bonchev–Trinajstić information content (AvgIpc) is 2.68. The molecule has 5 nitrogen and oxygen atoms in total. The number of ketones is 2. The molecule has 2 heterocycles. The number of methoxy groups -OCH3 is 1. The molecular weight excluding hydrogens is 364 g/mol. The van der Waals surface area contributed by atoms with E-state index in [2.05, 4.69) is 9.97 Å². The van der Waals surface area contributed by atoms with Crippen molar-refractivity contribution in [3.63, 3.8) is 0 Å². The van der Waals surface area contributed by atoms with Gasteiger partial charge in [-0.15, -0.1) is 0 Å². The lowest BCUT2D eigenvalue weighted by atomic mass is 9.87. The second kappa shape index (κ2) is 8.17. The highest BCUT2D eigenvalue weighted by Crippen LogP contribution is 2.26. The van der Waals surface area contributed by atoms with E-state index < -0.39 is 0 Å². The zero-order valence-corrected chi connectivity index (χ0v) is 16.5. The molecule has 0 amide bonds. The Morgan fingerprint density at radius 1 is 0.889 bits per heavy atom. The van der Waals surface area contributed by atoms with Gasteiger partial charge in [-0.2, -0.15) is 0 Å². The third-order valence-corrected chi connectivity index (χ3v) is 5.36. The van der Waals surface area contributed by atoms with Gasteiger partial charge in [-0.1, -0.05) is 25.4 Å². The summed E-state index contributed by atoms with van der Waals surface area (Å²) in [7, 11) is 1.59. The number of pyridine rings is 2. The molecular formula is C21H23ClN2O3. The maximum atomic E-state index is 11.7. The van der Waals surface area contributed by atoms with Gasteiger partial charge in [0.2, 0.25) is 5.88 Å². The zero-order chi connectivity index (χ0) is 19.6. The molecule has 0 spiro atoms. The summed E-state index contributed by atoms with van der Waals surface area (Å²) >= 11 is 5.74. The molecule has 0 aliphatic heterocycles. The van der Waals surface area contributed by atoms with Crippen LogP contribution in [0.15, 0.2) is 24.3 Å². The fourth-order valence-electron chi connectivity index (χ4n) is 3.40. The third kappa shape index (κ3) is 4.19. The lowest BCUT2D eigenvalue weighted by Crippen LogP contribution is -2.21. The summed E-state index contributed by atoms with van der Waals surface area (Å²) in [6.07, 6.45) is 3.52. The van der Waals surface area contributed by atoms with Crippen molar-refractivity contribution in [2.24, 2.45) is 11.8 Å². The smallest absolute Gasteiger partial charge is 0.213 e. The van der Waals surface area contributed by atoms with Crippen LogP contribution >= 0.6 is 11.6 Å². The van der Waals surface area contributed by atoms with E-state index in [4.69, 9.17) is 16.3 Å². The molecule has 2 aromatic rings. The van der Waals surface area contributed by atoms with E-state index >= 15 is 0 Å². The van der Waals surface area contributed by atoms with Gasteiger partial charge in [0, 0.05) is 29.0 Å². The number of aromatic nitrogens is 2. The van der Waals surface area contributed by atoms with Crippen LogP contribution < -0.4 is 4.74 Å². The van der Waals surface area contributed by atoms with Crippen molar-refractivity contribution in [2.45, 2.75) is 39.5 Å². The summed E-state index contributed by atoms with van der Waals surface area (Å²) < 4.78 is 5.02. The van der Waals surface area contributed by atoms with Crippen LogP contribution in [0, 0.1) is 11.8 Å². The van der Waals surface area contributed by atoms with E-state index in [1.54, 1.807) is 25.3 Å². The molecule has 27 heavy (non-hydrogen) atoms. The molecule has 0 fully saturated rings. The van der Waals surface area contributed by atoms with Crippen molar-refractivity contribution in [3.8, 4) is 5.88 Å². The van der Waals surface area contributed by atoms with E-state index in [1.165, 1.54) is 0 Å². The molecule has 4 rings (SSSR count). The minimum Gasteiger partial charge on any atom is -0.481 e. The van der Waals surface area contributed by atoms with Gasteiger partial charge in [-0.3, -0.25) is 9.59 Å². The largest absolute Gasteiger partial charge is 0.481 e. The van der Waals surface area contributed by atoms with Crippen LogP contribution in [0.4, 0.5) is 0 Å². The van der Waals surface area contributed by atoms with E-state index in [1.807, 2.05) is 19.9 Å². The standard InChI is InChI=1S/C11H13NO2.C10H10ClNO/c1-7-3-5-9-8(11(7)13)4-6-10(12-9)14-2;1-6-2-4-8-7(10(6)13)3-5-9(11)12-8/h4,6-7H,3,5H2,1-2H3;3,5-6H,2,4H2,1H3. The van der Waals surface area contributed by atoms with Crippen molar-refractivity contribution in [2.75, 3.05) is 7.11 Å². The molecule has 0 radical (unpaired) electrons. The topological polar surface area (TPSA) is 69.2 Å². The first-order chi connectivity index (χ1) is 12.9. The van der Waals surface area contributed by atoms with Crippen LogP contribution in [0.5, 0.6) is 5.88 Å². The quantitative estimate of drug-likeness (QED) is 0.681. The van der Waals surface area contributed by atoms with E-state index in [0.29, 0.717) is 11.0 Å². The molecule has 0 N–H and O–H groups in total. The van der Waals surface area contributed by atoms with E-state index in [0.717, 1.165) is 48.2 Å². The zero-order valence-electron chi connectivity index (χ0n) is 15.8. The summed E-state index contributed by atoms with van der Waals surface area (Å²) in [5.74, 6) is 1.27. The maximum Gasteiger partial charge on any atom is 0.213 e. The van der Waals surface area contributed by atoms with Gasteiger partial charge >= 0.3 is 0 Å². The number of hydrogen-bond acceptors (Lipinski definition) is 5. The highest BCUT2D eigenvalue weighted by Gasteiger charge is 2.25. The van der Waals surface area contributed by atoms with Gasteiger partial charge in [0.05, 0.1) is 18.5 Å². The van der Waals surface area contributed by atoms with Crippen molar-refractivity contribution in [1.29, 1.82) is 0 Å². The van der Waals surface area contributed by atoms with Gasteiger partial charge in [-0.05, 0) is 43.9 Å². The predicted octanol–water partition coefficient (Wildman–Crippen LogP) is 4.36. The monoisotopic (exact) mass is 386 g/mol. The van der Waals surface area contributed by atoms with Crippen LogP contribution in [0.1, 0.15) is 58.8 Å².